The number of benzene rings is 2. The molecule has 2 atom stereocenters. The molecule has 1 aliphatic rings. The van der Waals surface area contributed by atoms with Gasteiger partial charge in [-0.2, -0.15) is 5.10 Å². The number of halogens is 2. The van der Waals surface area contributed by atoms with Crippen LogP contribution in [0.1, 0.15) is 60.4 Å². The number of carbonyl (C=O) groups excluding carboxylic acids is 2. The van der Waals surface area contributed by atoms with Gasteiger partial charge < -0.3 is 16.4 Å². The Morgan fingerprint density at radius 1 is 1.18 bits per heavy atom. The molecular formula is C30H30ClFN6O2. The maximum atomic E-state index is 14.7. The molecule has 40 heavy (non-hydrogen) atoms. The van der Waals surface area contributed by atoms with Crippen LogP contribution in [0.3, 0.4) is 0 Å². The third-order valence-electron chi connectivity index (χ3n) is 7.30. The van der Waals surface area contributed by atoms with Gasteiger partial charge in [0, 0.05) is 23.4 Å². The Morgan fingerprint density at radius 3 is 2.80 bits per heavy atom. The fraction of sp³-hybridized carbons (Fsp3) is 0.267. The molecule has 0 unspecified atom stereocenters. The van der Waals surface area contributed by atoms with Gasteiger partial charge in [0.1, 0.15) is 5.69 Å². The number of nitrogen functional groups attached to an aromatic ring is 1. The summed E-state index contributed by atoms with van der Waals surface area (Å²) in [5.41, 5.74) is 10.5. The SMILES string of the molecule is Cc1c(C(=O)N[C@H]2CCCC[C@@H](C)C(=O)Nc3cc(N)ccc3-c3ccnc2c3)cnn1-c1cccc(Cl)c1F. The van der Waals surface area contributed by atoms with Crippen molar-refractivity contribution >= 4 is 34.8 Å². The Kier molecular flexibility index (Phi) is 7.84. The van der Waals surface area contributed by atoms with Crippen LogP contribution >= 0.6 is 11.6 Å². The van der Waals surface area contributed by atoms with Gasteiger partial charge in [-0.25, -0.2) is 9.07 Å². The highest BCUT2D eigenvalue weighted by Gasteiger charge is 2.24. The van der Waals surface area contributed by atoms with Crippen LogP contribution in [0.15, 0.2) is 60.9 Å². The third kappa shape index (κ3) is 5.56. The molecule has 2 bridgehead atoms. The Balaban J connectivity index is 1.48. The van der Waals surface area contributed by atoms with E-state index in [1.54, 1.807) is 37.4 Å². The Labute approximate surface area is 236 Å². The van der Waals surface area contributed by atoms with Crippen LogP contribution in [0, 0.1) is 18.7 Å². The average Bonchev–Trinajstić information content (AvgIpc) is 3.32. The van der Waals surface area contributed by atoms with Crippen LogP contribution < -0.4 is 16.4 Å². The van der Waals surface area contributed by atoms with Gasteiger partial charge in [0.2, 0.25) is 5.91 Å². The number of rotatable bonds is 3. The van der Waals surface area contributed by atoms with E-state index in [1.807, 2.05) is 25.1 Å². The van der Waals surface area contributed by atoms with Gasteiger partial charge in [-0.15, -0.1) is 0 Å². The van der Waals surface area contributed by atoms with Crippen molar-refractivity contribution in [3.63, 3.8) is 0 Å². The van der Waals surface area contributed by atoms with Crippen LogP contribution in [-0.2, 0) is 4.79 Å². The molecule has 4 N–H and O–H groups in total. The summed E-state index contributed by atoms with van der Waals surface area (Å²) in [5.74, 6) is -1.20. The summed E-state index contributed by atoms with van der Waals surface area (Å²) in [4.78, 5) is 31.0. The van der Waals surface area contributed by atoms with Crippen LogP contribution in [0.2, 0.25) is 5.02 Å². The molecule has 5 rings (SSSR count). The molecule has 0 spiro atoms. The summed E-state index contributed by atoms with van der Waals surface area (Å²) in [6, 6.07) is 13.4. The van der Waals surface area contributed by atoms with Gasteiger partial charge in [0.15, 0.2) is 5.82 Å². The highest BCUT2D eigenvalue weighted by atomic mass is 35.5. The lowest BCUT2D eigenvalue weighted by atomic mass is 9.98. The first-order valence-electron chi connectivity index (χ1n) is 13.2. The van der Waals surface area contributed by atoms with E-state index in [1.165, 1.54) is 16.9 Å². The number of nitrogens with one attached hydrogen (secondary N) is 2. The van der Waals surface area contributed by atoms with Crippen molar-refractivity contribution < 1.29 is 14.0 Å². The summed E-state index contributed by atoms with van der Waals surface area (Å²) in [6.07, 6.45) is 6.02. The number of aromatic nitrogens is 3. The van der Waals surface area contributed by atoms with Crippen LogP contribution in [-0.4, -0.2) is 26.6 Å². The first kappa shape index (κ1) is 27.3. The molecule has 10 heteroatoms. The van der Waals surface area contributed by atoms with Crippen molar-refractivity contribution in [1.82, 2.24) is 20.1 Å². The number of fused-ring (bicyclic) bond motifs is 4. The number of amides is 2. The minimum atomic E-state index is -0.609. The Bertz CT molecular complexity index is 1590. The second-order valence-electron chi connectivity index (χ2n) is 10.1. The van der Waals surface area contributed by atoms with E-state index < -0.39 is 11.9 Å². The fourth-order valence-electron chi connectivity index (χ4n) is 4.97. The molecule has 4 aromatic rings. The standard InChI is InChI=1S/C30H30ClFN6O2/c1-17-6-3-4-8-24(26-14-19(12-13-34-26)21-11-10-20(33)15-25(21)37-29(17)39)36-30(40)22-16-35-38(18(22)2)27-9-5-7-23(31)28(27)32/h5,7,9-17,24H,3-4,6,8,33H2,1-2H3,(H,36,40)(H,37,39)/t17-,24+/m1/s1. The monoisotopic (exact) mass is 560 g/mol. The molecule has 2 aromatic carbocycles. The second kappa shape index (κ2) is 11.5. The van der Waals surface area contributed by atoms with Crippen LogP contribution in [0.25, 0.3) is 16.8 Å². The lowest BCUT2D eigenvalue weighted by Crippen LogP contribution is -2.29. The maximum absolute atomic E-state index is 14.7. The summed E-state index contributed by atoms with van der Waals surface area (Å²) in [7, 11) is 0. The average molecular weight is 561 g/mol. The van der Waals surface area contributed by atoms with E-state index in [0.29, 0.717) is 41.2 Å². The molecule has 2 aromatic heterocycles. The van der Waals surface area contributed by atoms with Crippen LogP contribution in [0.4, 0.5) is 15.8 Å². The van der Waals surface area contributed by atoms with E-state index in [4.69, 9.17) is 17.3 Å². The first-order valence-corrected chi connectivity index (χ1v) is 13.6. The number of nitrogens with two attached hydrogens (primary N) is 1. The predicted molar refractivity (Wildman–Crippen MR) is 154 cm³/mol. The van der Waals surface area contributed by atoms with E-state index in [-0.39, 0.29) is 28.4 Å². The fourth-order valence-corrected chi connectivity index (χ4v) is 5.14. The smallest absolute Gasteiger partial charge is 0.255 e. The molecule has 206 valence electrons. The van der Waals surface area contributed by atoms with Crippen molar-refractivity contribution in [3.8, 4) is 16.8 Å². The maximum Gasteiger partial charge on any atom is 0.255 e. The van der Waals surface area contributed by atoms with Crippen molar-refractivity contribution in [2.45, 2.75) is 45.6 Å². The summed E-state index contributed by atoms with van der Waals surface area (Å²) < 4.78 is 16.0. The first-order chi connectivity index (χ1) is 19.2. The van der Waals surface area contributed by atoms with Crippen LogP contribution in [0.5, 0.6) is 0 Å². The topological polar surface area (TPSA) is 115 Å². The summed E-state index contributed by atoms with van der Waals surface area (Å²) >= 11 is 5.96. The zero-order chi connectivity index (χ0) is 28.4. The molecule has 2 amide bonds. The molecule has 0 saturated carbocycles. The third-order valence-corrected chi connectivity index (χ3v) is 7.59. The quantitative estimate of drug-likeness (QED) is 0.257. The molecule has 0 saturated heterocycles. The van der Waals surface area contributed by atoms with Crippen molar-refractivity contribution in [1.29, 1.82) is 0 Å². The zero-order valence-corrected chi connectivity index (χ0v) is 23.0. The second-order valence-corrected chi connectivity index (χ2v) is 10.5. The summed E-state index contributed by atoms with van der Waals surface area (Å²) in [6.45, 7) is 3.62. The minimum Gasteiger partial charge on any atom is -0.399 e. The van der Waals surface area contributed by atoms with E-state index in [0.717, 1.165) is 24.0 Å². The van der Waals surface area contributed by atoms with Gasteiger partial charge in [0.25, 0.3) is 5.91 Å². The number of nitrogens with zero attached hydrogens (tertiary/aromatic N) is 3. The molecular weight excluding hydrogens is 531 g/mol. The Morgan fingerprint density at radius 2 is 1.98 bits per heavy atom. The van der Waals surface area contributed by atoms with E-state index in [9.17, 15) is 14.0 Å². The van der Waals surface area contributed by atoms with Gasteiger partial charge >= 0.3 is 0 Å². The zero-order valence-electron chi connectivity index (χ0n) is 22.2. The molecule has 8 nitrogen and oxygen atoms in total. The number of pyridine rings is 1. The number of anilines is 2. The van der Waals surface area contributed by atoms with Gasteiger partial charge in [0.05, 0.1) is 39.9 Å². The van der Waals surface area contributed by atoms with Gasteiger partial charge in [-0.05, 0) is 61.7 Å². The van der Waals surface area contributed by atoms with E-state index in [2.05, 4.69) is 20.7 Å². The molecule has 1 aliphatic heterocycles. The summed E-state index contributed by atoms with van der Waals surface area (Å²) in [5, 5.41) is 10.4. The van der Waals surface area contributed by atoms with Crippen molar-refractivity contribution in [2.75, 3.05) is 11.1 Å². The molecule has 0 radical (unpaired) electrons. The Hall–Kier alpha value is -4.24. The van der Waals surface area contributed by atoms with Gasteiger partial charge in [-0.3, -0.25) is 14.6 Å². The highest BCUT2D eigenvalue weighted by molar-refractivity contribution is 6.30. The largest absolute Gasteiger partial charge is 0.399 e. The predicted octanol–water partition coefficient (Wildman–Crippen LogP) is 6.24. The van der Waals surface area contributed by atoms with Crippen molar-refractivity contribution in [2.24, 2.45) is 5.92 Å². The van der Waals surface area contributed by atoms with Crippen molar-refractivity contribution in [3.05, 3.63) is 88.7 Å². The highest BCUT2D eigenvalue weighted by Crippen LogP contribution is 2.33. The number of hydrogen-bond acceptors (Lipinski definition) is 5. The lowest BCUT2D eigenvalue weighted by molar-refractivity contribution is -0.119. The number of hydrogen-bond donors (Lipinski definition) is 3. The van der Waals surface area contributed by atoms with Gasteiger partial charge in [-0.1, -0.05) is 43.5 Å². The lowest BCUT2D eigenvalue weighted by Gasteiger charge is -2.19. The molecule has 0 aliphatic carbocycles. The molecule has 0 fully saturated rings. The minimum absolute atomic E-state index is 0.0242. The van der Waals surface area contributed by atoms with E-state index >= 15 is 0 Å². The molecule has 3 heterocycles. The number of carbonyl (C=O) groups is 2. The normalized spacial score (nSPS) is 17.6.